The number of carbonyl (C=O) groups excluding carboxylic acids is 1. The highest BCUT2D eigenvalue weighted by atomic mass is 79.9. The van der Waals surface area contributed by atoms with Crippen LogP contribution in [0.4, 0.5) is 4.39 Å². The number of H-pyrrole nitrogens is 1. The molecule has 0 saturated carbocycles. The lowest BCUT2D eigenvalue weighted by Gasteiger charge is -2.12. The van der Waals surface area contributed by atoms with E-state index in [2.05, 4.69) is 36.4 Å². The third kappa shape index (κ3) is 3.10. The Morgan fingerprint density at radius 2 is 2.32 bits per heavy atom. The van der Waals surface area contributed by atoms with E-state index in [1.807, 2.05) is 0 Å². The number of halogens is 3. The van der Waals surface area contributed by atoms with Gasteiger partial charge in [0.05, 0.1) is 16.1 Å². The number of aromatic nitrogens is 3. The first-order valence-electron chi connectivity index (χ1n) is 5.29. The summed E-state index contributed by atoms with van der Waals surface area (Å²) < 4.78 is 13.5. The molecule has 100 valence electrons. The zero-order chi connectivity index (χ0) is 14.0. The van der Waals surface area contributed by atoms with Crippen molar-refractivity contribution in [2.24, 2.45) is 0 Å². The minimum absolute atomic E-state index is 0.0687. The van der Waals surface area contributed by atoms with E-state index in [1.165, 1.54) is 12.4 Å². The molecule has 1 heterocycles. The van der Waals surface area contributed by atoms with Crippen molar-refractivity contribution in [2.45, 2.75) is 13.0 Å². The van der Waals surface area contributed by atoms with Crippen LogP contribution in [0.2, 0.25) is 5.02 Å². The van der Waals surface area contributed by atoms with E-state index in [0.29, 0.717) is 5.82 Å². The lowest BCUT2D eigenvalue weighted by Crippen LogP contribution is -2.27. The maximum atomic E-state index is 13.5. The quantitative estimate of drug-likeness (QED) is 0.839. The molecule has 0 spiro atoms. The number of aromatic amines is 1. The summed E-state index contributed by atoms with van der Waals surface area (Å²) in [6.07, 6.45) is 1.34. The van der Waals surface area contributed by atoms with Crippen LogP contribution in [-0.4, -0.2) is 21.1 Å². The largest absolute Gasteiger partial charge is 0.342 e. The molecule has 19 heavy (non-hydrogen) atoms. The number of nitrogens with zero attached hydrogens (tertiary/aromatic N) is 2. The van der Waals surface area contributed by atoms with Crippen LogP contribution in [0.15, 0.2) is 22.9 Å². The van der Waals surface area contributed by atoms with Crippen LogP contribution in [0.25, 0.3) is 0 Å². The molecule has 8 heteroatoms. The summed E-state index contributed by atoms with van der Waals surface area (Å²) in [4.78, 5) is 16.0. The van der Waals surface area contributed by atoms with Gasteiger partial charge in [0.1, 0.15) is 18.0 Å². The van der Waals surface area contributed by atoms with E-state index in [0.717, 1.165) is 6.07 Å². The van der Waals surface area contributed by atoms with Crippen LogP contribution in [0, 0.1) is 5.82 Å². The number of amides is 1. The summed E-state index contributed by atoms with van der Waals surface area (Å²) in [6, 6.07) is 2.13. The first kappa shape index (κ1) is 14.0. The fourth-order valence-electron chi connectivity index (χ4n) is 1.49. The standard InChI is InChI=1S/C11H9BrClFN4O/c1-5(10-15-4-16-18-10)17-11(19)7-2-6(13)3-8(14)9(7)12/h2-5H,1H3,(H,17,19)(H,15,16,18)/t5-/m0/s1. The van der Waals surface area contributed by atoms with Crippen molar-refractivity contribution in [3.8, 4) is 0 Å². The van der Waals surface area contributed by atoms with E-state index in [-0.39, 0.29) is 21.1 Å². The number of hydrogen-bond acceptors (Lipinski definition) is 3. The monoisotopic (exact) mass is 346 g/mol. The van der Waals surface area contributed by atoms with Crippen LogP contribution in [0.5, 0.6) is 0 Å². The molecule has 0 aliphatic heterocycles. The molecule has 2 aromatic rings. The van der Waals surface area contributed by atoms with E-state index < -0.39 is 11.7 Å². The van der Waals surface area contributed by atoms with Gasteiger partial charge >= 0.3 is 0 Å². The fourth-order valence-corrected chi connectivity index (χ4v) is 2.10. The molecule has 0 radical (unpaired) electrons. The Balaban J connectivity index is 2.21. The van der Waals surface area contributed by atoms with Crippen molar-refractivity contribution in [3.63, 3.8) is 0 Å². The zero-order valence-corrected chi connectivity index (χ0v) is 12.1. The maximum Gasteiger partial charge on any atom is 0.253 e. The lowest BCUT2D eigenvalue weighted by atomic mass is 10.2. The third-order valence-corrected chi connectivity index (χ3v) is 3.45. The maximum absolute atomic E-state index is 13.5. The number of nitrogens with one attached hydrogen (secondary N) is 2. The molecule has 1 amide bonds. The number of benzene rings is 1. The normalized spacial score (nSPS) is 12.2. The van der Waals surface area contributed by atoms with Crippen LogP contribution in [0.1, 0.15) is 29.1 Å². The van der Waals surface area contributed by atoms with Crippen molar-refractivity contribution < 1.29 is 9.18 Å². The van der Waals surface area contributed by atoms with Gasteiger partial charge in [0.25, 0.3) is 5.91 Å². The Bertz CT molecular complexity index is 605. The molecule has 0 unspecified atom stereocenters. The predicted octanol–water partition coefficient (Wildman–Crippen LogP) is 2.85. The molecule has 5 nitrogen and oxygen atoms in total. The summed E-state index contributed by atoms with van der Waals surface area (Å²) >= 11 is 8.76. The van der Waals surface area contributed by atoms with Crippen molar-refractivity contribution in [2.75, 3.05) is 0 Å². The van der Waals surface area contributed by atoms with Gasteiger partial charge in [-0.25, -0.2) is 9.37 Å². The van der Waals surface area contributed by atoms with E-state index in [9.17, 15) is 9.18 Å². The van der Waals surface area contributed by atoms with Crippen molar-refractivity contribution in [3.05, 3.63) is 45.2 Å². The molecule has 0 aliphatic rings. The highest BCUT2D eigenvalue weighted by Gasteiger charge is 2.18. The molecule has 0 saturated heterocycles. The van der Waals surface area contributed by atoms with Gasteiger partial charge in [-0.05, 0) is 35.0 Å². The van der Waals surface area contributed by atoms with E-state index in [1.54, 1.807) is 6.92 Å². The molecule has 2 rings (SSSR count). The summed E-state index contributed by atoms with van der Waals surface area (Å²) in [7, 11) is 0. The number of carbonyl (C=O) groups is 1. The third-order valence-electron chi connectivity index (χ3n) is 2.43. The van der Waals surface area contributed by atoms with Gasteiger partial charge in [-0.2, -0.15) is 5.10 Å². The van der Waals surface area contributed by atoms with Gasteiger partial charge in [0, 0.05) is 5.02 Å². The van der Waals surface area contributed by atoms with Crippen molar-refractivity contribution >= 4 is 33.4 Å². The number of hydrogen-bond donors (Lipinski definition) is 2. The fraction of sp³-hybridized carbons (Fsp3) is 0.182. The van der Waals surface area contributed by atoms with Crippen LogP contribution in [0.3, 0.4) is 0 Å². The Labute approximate surface area is 121 Å². The zero-order valence-electron chi connectivity index (χ0n) is 9.75. The molecule has 2 N–H and O–H groups in total. The molecular formula is C11H9BrClFN4O. The first-order chi connectivity index (χ1) is 8.99. The Morgan fingerprint density at radius 1 is 1.58 bits per heavy atom. The summed E-state index contributed by atoms with van der Waals surface area (Å²) in [6.45, 7) is 1.73. The topological polar surface area (TPSA) is 70.7 Å². The SMILES string of the molecule is C[C@H](NC(=O)c1cc(Cl)cc(F)c1Br)c1ncn[nH]1. The van der Waals surface area contributed by atoms with Crippen LogP contribution < -0.4 is 5.32 Å². The van der Waals surface area contributed by atoms with E-state index >= 15 is 0 Å². The van der Waals surface area contributed by atoms with Gasteiger partial charge < -0.3 is 5.32 Å². The van der Waals surface area contributed by atoms with Crippen LogP contribution >= 0.6 is 27.5 Å². The average Bonchev–Trinajstić information content (AvgIpc) is 2.87. The summed E-state index contributed by atoms with van der Waals surface area (Å²) in [5.74, 6) is -0.547. The van der Waals surface area contributed by atoms with Crippen molar-refractivity contribution in [1.29, 1.82) is 0 Å². The smallest absolute Gasteiger partial charge is 0.253 e. The Hall–Kier alpha value is -1.47. The van der Waals surface area contributed by atoms with E-state index in [4.69, 9.17) is 11.6 Å². The van der Waals surface area contributed by atoms with Crippen molar-refractivity contribution in [1.82, 2.24) is 20.5 Å². The highest BCUT2D eigenvalue weighted by Crippen LogP contribution is 2.25. The summed E-state index contributed by atoms with van der Waals surface area (Å²) in [5, 5.41) is 9.15. The molecular weight excluding hydrogens is 339 g/mol. The summed E-state index contributed by atoms with van der Waals surface area (Å²) in [5.41, 5.74) is 0.122. The molecule has 1 atom stereocenters. The van der Waals surface area contributed by atoms with Crippen LogP contribution in [-0.2, 0) is 0 Å². The number of rotatable bonds is 3. The minimum atomic E-state index is -0.593. The minimum Gasteiger partial charge on any atom is -0.342 e. The molecule has 0 aliphatic carbocycles. The predicted molar refractivity (Wildman–Crippen MR) is 71.4 cm³/mol. The average molecular weight is 348 g/mol. The second kappa shape index (κ2) is 5.66. The Kier molecular flexibility index (Phi) is 4.16. The molecule has 1 aromatic heterocycles. The lowest BCUT2D eigenvalue weighted by molar-refractivity contribution is 0.0937. The van der Waals surface area contributed by atoms with Gasteiger partial charge in [-0.3, -0.25) is 9.89 Å². The van der Waals surface area contributed by atoms with Gasteiger partial charge in [0.2, 0.25) is 0 Å². The molecule has 0 fully saturated rings. The Morgan fingerprint density at radius 3 is 2.95 bits per heavy atom. The first-order valence-corrected chi connectivity index (χ1v) is 6.47. The highest BCUT2D eigenvalue weighted by molar-refractivity contribution is 9.10. The molecule has 1 aromatic carbocycles. The van der Waals surface area contributed by atoms with Gasteiger partial charge in [0.15, 0.2) is 0 Å². The van der Waals surface area contributed by atoms with Gasteiger partial charge in [-0.1, -0.05) is 11.6 Å². The second-order valence-electron chi connectivity index (χ2n) is 3.82. The second-order valence-corrected chi connectivity index (χ2v) is 5.04. The van der Waals surface area contributed by atoms with Gasteiger partial charge in [-0.15, -0.1) is 0 Å². The molecule has 0 bridgehead atoms.